The molecule has 1 unspecified atom stereocenters. The minimum Gasteiger partial charge on any atom is -0.462 e. The minimum atomic E-state index is -0.798. The van der Waals surface area contributed by atoms with E-state index in [9.17, 15) is 14.4 Å². The molecular formula is C59H98O6. The highest BCUT2D eigenvalue weighted by molar-refractivity contribution is 5.71. The van der Waals surface area contributed by atoms with Crippen molar-refractivity contribution >= 4 is 17.9 Å². The maximum absolute atomic E-state index is 12.8. The summed E-state index contributed by atoms with van der Waals surface area (Å²) in [6.07, 6.45) is 69.6. The molecule has 0 spiro atoms. The standard InChI is InChI=1S/C59H98O6/c1-4-7-10-13-16-19-22-24-26-28-29-31-32-34-37-40-43-46-49-52-58(61)64-55-56(54-63-57(60)51-48-45-42-39-36-21-18-15-12-9-6-3)65-59(62)53-50-47-44-41-38-35-33-30-27-25-23-20-17-14-11-8-5-2/h7,10,13,15-16,18-19,22,24,26,28-29,31-32,34,37,56H,4-6,8-9,11-12,14,17,20-21,23,25,27,30,33,35-36,38-55H2,1-3H3/b10-7-,16-13-,18-15-,22-19-,26-24-,29-28+,32-31-,37-34-. The minimum absolute atomic E-state index is 0.0961. The molecule has 0 aromatic rings. The molecule has 0 saturated carbocycles. The number of allylic oxidation sites excluding steroid dienone is 16. The Kier molecular flexibility index (Phi) is 50.0. The second kappa shape index (κ2) is 52.9. The number of unbranched alkanes of at least 4 members (excludes halogenated alkanes) is 26. The zero-order valence-electron chi connectivity index (χ0n) is 42.2. The first-order valence-electron chi connectivity index (χ1n) is 26.8. The van der Waals surface area contributed by atoms with Gasteiger partial charge < -0.3 is 14.2 Å². The largest absolute Gasteiger partial charge is 0.462 e. The van der Waals surface area contributed by atoms with Crippen LogP contribution in [-0.4, -0.2) is 37.2 Å². The molecule has 6 nitrogen and oxygen atoms in total. The Labute approximate surface area is 400 Å². The molecule has 0 saturated heterocycles. The van der Waals surface area contributed by atoms with E-state index in [-0.39, 0.29) is 31.1 Å². The number of carbonyl (C=O) groups excluding carboxylic acids is 3. The third-order valence-electron chi connectivity index (χ3n) is 11.3. The maximum Gasteiger partial charge on any atom is 0.306 e. The molecule has 1 atom stereocenters. The van der Waals surface area contributed by atoms with Gasteiger partial charge in [-0.1, -0.05) is 259 Å². The Bertz CT molecular complexity index is 1310. The van der Waals surface area contributed by atoms with Gasteiger partial charge in [0.15, 0.2) is 6.10 Å². The van der Waals surface area contributed by atoms with E-state index in [1.807, 2.05) is 72.9 Å². The molecule has 0 fully saturated rings. The summed E-state index contributed by atoms with van der Waals surface area (Å²) in [5.74, 6) is -0.950. The van der Waals surface area contributed by atoms with Crippen LogP contribution in [0.4, 0.5) is 0 Å². The molecule has 0 bridgehead atoms. The van der Waals surface area contributed by atoms with Gasteiger partial charge in [-0.2, -0.15) is 0 Å². The van der Waals surface area contributed by atoms with Crippen LogP contribution in [-0.2, 0) is 28.6 Å². The number of carbonyl (C=O) groups is 3. The molecular weight excluding hydrogens is 805 g/mol. The number of hydrogen-bond donors (Lipinski definition) is 0. The second-order valence-corrected chi connectivity index (χ2v) is 17.6. The Morgan fingerprint density at radius 1 is 0.323 bits per heavy atom. The summed E-state index contributed by atoms with van der Waals surface area (Å²) in [5.41, 5.74) is 0. The first-order chi connectivity index (χ1) is 32.0. The average molecular weight is 903 g/mol. The van der Waals surface area contributed by atoms with Gasteiger partial charge in [-0.15, -0.1) is 0 Å². The molecule has 370 valence electrons. The Balaban J connectivity index is 4.46. The number of rotatable bonds is 47. The van der Waals surface area contributed by atoms with Crippen molar-refractivity contribution in [2.75, 3.05) is 13.2 Å². The van der Waals surface area contributed by atoms with Crippen LogP contribution >= 0.6 is 0 Å². The lowest BCUT2D eigenvalue weighted by Crippen LogP contribution is -2.30. The number of ether oxygens (including phenoxy) is 3. The van der Waals surface area contributed by atoms with Crippen LogP contribution in [0.2, 0.25) is 0 Å². The summed E-state index contributed by atoms with van der Waals surface area (Å²) in [7, 11) is 0. The predicted molar refractivity (Wildman–Crippen MR) is 279 cm³/mol. The van der Waals surface area contributed by atoms with E-state index >= 15 is 0 Å². The van der Waals surface area contributed by atoms with Crippen molar-refractivity contribution in [1.29, 1.82) is 0 Å². The Morgan fingerprint density at radius 3 is 1.05 bits per heavy atom. The quantitative estimate of drug-likeness (QED) is 0.0199. The normalized spacial score (nSPS) is 12.8. The van der Waals surface area contributed by atoms with Crippen LogP contribution in [0.15, 0.2) is 97.2 Å². The lowest BCUT2D eigenvalue weighted by atomic mass is 10.0. The first-order valence-corrected chi connectivity index (χ1v) is 26.8. The summed E-state index contributed by atoms with van der Waals surface area (Å²) < 4.78 is 16.8. The molecule has 0 aliphatic carbocycles. The van der Waals surface area contributed by atoms with Crippen molar-refractivity contribution in [3.63, 3.8) is 0 Å². The maximum atomic E-state index is 12.8. The van der Waals surface area contributed by atoms with E-state index in [1.165, 1.54) is 116 Å². The van der Waals surface area contributed by atoms with E-state index < -0.39 is 6.10 Å². The van der Waals surface area contributed by atoms with Gasteiger partial charge in [0.2, 0.25) is 0 Å². The lowest BCUT2D eigenvalue weighted by molar-refractivity contribution is -0.167. The molecule has 65 heavy (non-hydrogen) atoms. The van der Waals surface area contributed by atoms with Crippen LogP contribution < -0.4 is 0 Å². The van der Waals surface area contributed by atoms with Gasteiger partial charge in [-0.25, -0.2) is 0 Å². The highest BCUT2D eigenvalue weighted by Gasteiger charge is 2.19. The lowest BCUT2D eigenvalue weighted by Gasteiger charge is -2.18. The predicted octanol–water partition coefficient (Wildman–Crippen LogP) is 17.8. The van der Waals surface area contributed by atoms with Crippen LogP contribution in [0, 0.1) is 0 Å². The zero-order valence-corrected chi connectivity index (χ0v) is 42.2. The fourth-order valence-corrected chi connectivity index (χ4v) is 7.23. The van der Waals surface area contributed by atoms with E-state index in [4.69, 9.17) is 14.2 Å². The smallest absolute Gasteiger partial charge is 0.306 e. The van der Waals surface area contributed by atoms with Gasteiger partial charge in [0, 0.05) is 19.3 Å². The third-order valence-corrected chi connectivity index (χ3v) is 11.3. The molecule has 6 heteroatoms. The van der Waals surface area contributed by atoms with Gasteiger partial charge in [-0.3, -0.25) is 14.4 Å². The molecule has 0 radical (unpaired) electrons. The van der Waals surface area contributed by atoms with Crippen molar-refractivity contribution in [2.24, 2.45) is 0 Å². The Morgan fingerprint density at radius 2 is 0.631 bits per heavy atom. The molecule has 0 heterocycles. The molecule has 0 aromatic heterocycles. The zero-order chi connectivity index (χ0) is 47.2. The van der Waals surface area contributed by atoms with Crippen molar-refractivity contribution in [1.82, 2.24) is 0 Å². The summed E-state index contributed by atoms with van der Waals surface area (Å²) in [6, 6.07) is 0. The van der Waals surface area contributed by atoms with Crippen molar-refractivity contribution in [2.45, 2.75) is 245 Å². The third kappa shape index (κ3) is 51.2. The number of esters is 3. The van der Waals surface area contributed by atoms with Crippen LogP contribution in [0.3, 0.4) is 0 Å². The van der Waals surface area contributed by atoms with Crippen LogP contribution in [0.5, 0.6) is 0 Å². The molecule has 0 aliphatic heterocycles. The summed E-state index contributed by atoms with van der Waals surface area (Å²) in [5, 5.41) is 0. The molecule has 0 aliphatic rings. The molecule has 0 amide bonds. The Hall–Kier alpha value is -3.67. The first kappa shape index (κ1) is 61.3. The van der Waals surface area contributed by atoms with Gasteiger partial charge >= 0.3 is 17.9 Å². The average Bonchev–Trinajstić information content (AvgIpc) is 3.30. The molecule has 0 aromatic carbocycles. The SMILES string of the molecule is CC\C=C/C=C\C=C/C=C\C=C\C=C/C=C\CCCCCC(=O)OCC(COC(=O)CCCCCCC/C=C\CCCC)OC(=O)CCCCCCCCCCCCCCCCCCC. The van der Waals surface area contributed by atoms with E-state index in [1.54, 1.807) is 0 Å². The summed E-state index contributed by atoms with van der Waals surface area (Å²) in [4.78, 5) is 38.0. The van der Waals surface area contributed by atoms with Gasteiger partial charge in [0.1, 0.15) is 13.2 Å². The fourth-order valence-electron chi connectivity index (χ4n) is 7.23. The number of hydrogen-bond acceptors (Lipinski definition) is 6. The van der Waals surface area contributed by atoms with Gasteiger partial charge in [0.25, 0.3) is 0 Å². The van der Waals surface area contributed by atoms with Crippen molar-refractivity contribution < 1.29 is 28.6 Å². The van der Waals surface area contributed by atoms with Crippen molar-refractivity contribution in [3.8, 4) is 0 Å². The van der Waals surface area contributed by atoms with Gasteiger partial charge in [0.05, 0.1) is 0 Å². The van der Waals surface area contributed by atoms with E-state index in [0.717, 1.165) is 83.5 Å². The summed E-state index contributed by atoms with van der Waals surface area (Å²) in [6.45, 7) is 6.41. The highest BCUT2D eigenvalue weighted by Crippen LogP contribution is 2.15. The monoisotopic (exact) mass is 903 g/mol. The highest BCUT2D eigenvalue weighted by atomic mass is 16.6. The van der Waals surface area contributed by atoms with Crippen molar-refractivity contribution in [3.05, 3.63) is 97.2 Å². The van der Waals surface area contributed by atoms with E-state index in [0.29, 0.717) is 19.3 Å². The van der Waals surface area contributed by atoms with Crippen LogP contribution in [0.1, 0.15) is 239 Å². The fraction of sp³-hybridized carbons (Fsp3) is 0.678. The second-order valence-electron chi connectivity index (χ2n) is 17.6. The molecule has 0 rings (SSSR count). The van der Waals surface area contributed by atoms with E-state index in [2.05, 4.69) is 45.1 Å². The molecule has 0 N–H and O–H groups in total. The summed E-state index contributed by atoms with van der Waals surface area (Å²) >= 11 is 0. The van der Waals surface area contributed by atoms with Crippen LogP contribution in [0.25, 0.3) is 0 Å². The van der Waals surface area contributed by atoms with Gasteiger partial charge in [-0.05, 0) is 57.8 Å². The topological polar surface area (TPSA) is 78.9 Å².